The lowest BCUT2D eigenvalue weighted by molar-refractivity contribution is -0.113. The van der Waals surface area contributed by atoms with Gasteiger partial charge in [0.1, 0.15) is 17.0 Å². The number of carbonyl (C=O) groups excluding carboxylic acids is 1. The van der Waals surface area contributed by atoms with E-state index in [2.05, 4.69) is 10.3 Å². The standard InChI is InChI=1S/C25H18ClF2N3O2S/c26-18-10-9-17(12-20(18)28)31-24(33)23-19(27)5-2-6-21(23)30-25(31)34-13-22(32)29-16-8-7-14-3-1-4-15(14)11-16/h2,5-12H,1,3-4,13H2,(H,29,32). The highest BCUT2D eigenvalue weighted by Crippen LogP contribution is 2.27. The molecule has 1 heterocycles. The molecule has 1 amide bonds. The fourth-order valence-corrected chi connectivity index (χ4v) is 5.02. The van der Waals surface area contributed by atoms with Crippen LogP contribution in [0.5, 0.6) is 0 Å². The van der Waals surface area contributed by atoms with Crippen molar-refractivity contribution in [2.24, 2.45) is 0 Å². The van der Waals surface area contributed by atoms with Crippen LogP contribution in [0.1, 0.15) is 17.5 Å². The molecule has 5 nitrogen and oxygen atoms in total. The Morgan fingerprint density at radius 2 is 1.88 bits per heavy atom. The highest BCUT2D eigenvalue weighted by molar-refractivity contribution is 7.99. The minimum Gasteiger partial charge on any atom is -0.325 e. The second-order valence-corrected chi connectivity index (χ2v) is 9.29. The Balaban J connectivity index is 1.47. The Morgan fingerprint density at radius 3 is 2.71 bits per heavy atom. The Bertz CT molecular complexity index is 1510. The Kier molecular flexibility index (Phi) is 6.10. The van der Waals surface area contributed by atoms with Crippen molar-refractivity contribution >= 4 is 45.9 Å². The molecule has 1 N–H and O–H groups in total. The molecule has 0 unspecified atom stereocenters. The van der Waals surface area contributed by atoms with E-state index in [1.165, 1.54) is 35.4 Å². The highest BCUT2D eigenvalue weighted by atomic mass is 35.5. The summed E-state index contributed by atoms with van der Waals surface area (Å²) in [7, 11) is 0. The number of carbonyl (C=O) groups is 1. The molecule has 0 atom stereocenters. The first kappa shape index (κ1) is 22.6. The van der Waals surface area contributed by atoms with Crippen LogP contribution in [0.25, 0.3) is 16.6 Å². The molecule has 1 aliphatic carbocycles. The third-order valence-corrected chi connectivity index (χ3v) is 6.94. The zero-order valence-electron chi connectivity index (χ0n) is 17.8. The van der Waals surface area contributed by atoms with E-state index in [-0.39, 0.29) is 38.4 Å². The smallest absolute Gasteiger partial charge is 0.269 e. The fourth-order valence-electron chi connectivity index (χ4n) is 4.09. The van der Waals surface area contributed by atoms with Crippen LogP contribution in [0.15, 0.2) is 64.5 Å². The Morgan fingerprint density at radius 1 is 1.06 bits per heavy atom. The SMILES string of the molecule is O=C(CSc1nc2cccc(F)c2c(=O)n1-c1ccc(Cl)c(F)c1)Nc1ccc2c(c1)CCC2. The summed E-state index contributed by atoms with van der Waals surface area (Å²) in [6, 6.07) is 13.8. The Hall–Kier alpha value is -3.23. The lowest BCUT2D eigenvalue weighted by Crippen LogP contribution is -2.23. The molecule has 3 aromatic carbocycles. The van der Waals surface area contributed by atoms with Gasteiger partial charge in [-0.25, -0.2) is 13.8 Å². The Labute approximate surface area is 202 Å². The normalized spacial score (nSPS) is 12.7. The summed E-state index contributed by atoms with van der Waals surface area (Å²) in [5.74, 6) is -1.81. The van der Waals surface area contributed by atoms with Crippen molar-refractivity contribution in [3.63, 3.8) is 0 Å². The van der Waals surface area contributed by atoms with Gasteiger partial charge in [0.05, 0.1) is 22.0 Å². The first-order chi connectivity index (χ1) is 16.4. The maximum absolute atomic E-state index is 14.4. The molecule has 0 bridgehead atoms. The molecule has 34 heavy (non-hydrogen) atoms. The summed E-state index contributed by atoms with van der Waals surface area (Å²) >= 11 is 6.79. The van der Waals surface area contributed by atoms with E-state index in [1.807, 2.05) is 18.2 Å². The first-order valence-corrected chi connectivity index (χ1v) is 12.0. The van der Waals surface area contributed by atoms with E-state index in [1.54, 1.807) is 0 Å². The number of fused-ring (bicyclic) bond motifs is 2. The number of aryl methyl sites for hydroxylation is 2. The predicted molar refractivity (Wildman–Crippen MR) is 130 cm³/mol. The van der Waals surface area contributed by atoms with Crippen molar-refractivity contribution < 1.29 is 13.6 Å². The summed E-state index contributed by atoms with van der Waals surface area (Å²) in [5.41, 5.74) is 2.83. The lowest BCUT2D eigenvalue weighted by Gasteiger charge is -2.14. The van der Waals surface area contributed by atoms with E-state index in [0.29, 0.717) is 5.69 Å². The van der Waals surface area contributed by atoms with Gasteiger partial charge >= 0.3 is 0 Å². The second-order valence-electron chi connectivity index (χ2n) is 7.94. The molecular weight excluding hydrogens is 480 g/mol. The summed E-state index contributed by atoms with van der Waals surface area (Å²) in [6.45, 7) is 0. The van der Waals surface area contributed by atoms with Crippen molar-refractivity contribution in [2.45, 2.75) is 24.4 Å². The van der Waals surface area contributed by atoms with E-state index >= 15 is 0 Å². The summed E-state index contributed by atoms with van der Waals surface area (Å²) in [4.78, 5) is 30.3. The maximum atomic E-state index is 14.4. The van der Waals surface area contributed by atoms with Crippen LogP contribution in [0.4, 0.5) is 14.5 Å². The van der Waals surface area contributed by atoms with Crippen molar-refractivity contribution in [2.75, 3.05) is 11.1 Å². The molecule has 0 spiro atoms. The van der Waals surface area contributed by atoms with E-state index in [9.17, 15) is 18.4 Å². The molecule has 172 valence electrons. The summed E-state index contributed by atoms with van der Waals surface area (Å²) in [5, 5.41) is 2.67. The van der Waals surface area contributed by atoms with Gasteiger partial charge in [0.15, 0.2) is 5.16 Å². The monoisotopic (exact) mass is 497 g/mol. The van der Waals surface area contributed by atoms with Crippen LogP contribution in [0, 0.1) is 11.6 Å². The zero-order valence-corrected chi connectivity index (χ0v) is 19.4. The van der Waals surface area contributed by atoms with Gasteiger partial charge in [-0.1, -0.05) is 35.5 Å². The van der Waals surface area contributed by atoms with Gasteiger partial charge in [-0.15, -0.1) is 0 Å². The summed E-state index contributed by atoms with van der Waals surface area (Å²) in [6.07, 6.45) is 3.16. The van der Waals surface area contributed by atoms with E-state index in [0.717, 1.165) is 47.7 Å². The number of aromatic nitrogens is 2. The average molecular weight is 498 g/mol. The highest BCUT2D eigenvalue weighted by Gasteiger charge is 2.18. The predicted octanol–water partition coefficient (Wildman–Crippen LogP) is 5.54. The molecule has 4 aromatic rings. The summed E-state index contributed by atoms with van der Waals surface area (Å²) < 4.78 is 29.7. The fraction of sp³-hybridized carbons (Fsp3) is 0.160. The molecule has 5 rings (SSSR count). The minimum absolute atomic E-state index is 0.0551. The van der Waals surface area contributed by atoms with Gasteiger partial charge in [-0.3, -0.25) is 14.2 Å². The zero-order chi connectivity index (χ0) is 23.8. The number of benzene rings is 3. The number of rotatable bonds is 5. The number of hydrogen-bond donors (Lipinski definition) is 1. The maximum Gasteiger partial charge on any atom is 0.269 e. The molecule has 0 radical (unpaired) electrons. The second kappa shape index (κ2) is 9.19. The molecule has 0 fully saturated rings. The molecule has 1 aliphatic rings. The van der Waals surface area contributed by atoms with Crippen LogP contribution in [-0.2, 0) is 17.6 Å². The third-order valence-electron chi connectivity index (χ3n) is 5.69. The van der Waals surface area contributed by atoms with Crippen molar-refractivity contribution in [1.82, 2.24) is 9.55 Å². The van der Waals surface area contributed by atoms with Crippen LogP contribution in [0.2, 0.25) is 5.02 Å². The first-order valence-electron chi connectivity index (χ1n) is 10.6. The van der Waals surface area contributed by atoms with Gasteiger partial charge < -0.3 is 5.32 Å². The molecule has 0 aliphatic heterocycles. The number of halogens is 3. The molecule has 1 aromatic heterocycles. The number of nitrogens with zero attached hydrogens (tertiary/aromatic N) is 2. The topological polar surface area (TPSA) is 64.0 Å². The van der Waals surface area contributed by atoms with Crippen molar-refractivity contribution in [3.05, 3.63) is 92.7 Å². The minimum atomic E-state index is -0.732. The van der Waals surface area contributed by atoms with E-state index < -0.39 is 17.2 Å². The largest absolute Gasteiger partial charge is 0.325 e. The lowest BCUT2D eigenvalue weighted by atomic mass is 10.1. The molecule has 0 saturated carbocycles. The number of amides is 1. The van der Waals surface area contributed by atoms with Crippen molar-refractivity contribution in [1.29, 1.82) is 0 Å². The quantitative estimate of drug-likeness (QED) is 0.290. The number of hydrogen-bond acceptors (Lipinski definition) is 4. The molecule has 0 saturated heterocycles. The van der Waals surface area contributed by atoms with Crippen LogP contribution in [0.3, 0.4) is 0 Å². The van der Waals surface area contributed by atoms with Gasteiger partial charge in [0.25, 0.3) is 5.56 Å². The number of nitrogens with one attached hydrogen (secondary N) is 1. The van der Waals surface area contributed by atoms with Crippen LogP contribution in [-0.4, -0.2) is 21.2 Å². The van der Waals surface area contributed by atoms with Gasteiger partial charge in [0.2, 0.25) is 5.91 Å². The van der Waals surface area contributed by atoms with Gasteiger partial charge in [-0.2, -0.15) is 0 Å². The van der Waals surface area contributed by atoms with Crippen LogP contribution >= 0.6 is 23.4 Å². The number of thioether (sulfide) groups is 1. The van der Waals surface area contributed by atoms with Crippen molar-refractivity contribution in [3.8, 4) is 5.69 Å². The van der Waals surface area contributed by atoms with Gasteiger partial charge in [0, 0.05) is 5.69 Å². The molecular formula is C25H18ClF2N3O2S. The third kappa shape index (κ3) is 4.31. The van der Waals surface area contributed by atoms with E-state index in [4.69, 9.17) is 11.6 Å². The van der Waals surface area contributed by atoms with Gasteiger partial charge in [-0.05, 0) is 72.9 Å². The molecule has 9 heteroatoms. The number of anilines is 1. The van der Waals surface area contributed by atoms with Crippen LogP contribution < -0.4 is 10.9 Å². The average Bonchev–Trinajstić information content (AvgIpc) is 3.27.